The molecule has 0 aromatic rings. The fraction of sp³-hybridized carbons (Fsp3) is 0.778. The summed E-state index contributed by atoms with van der Waals surface area (Å²) in [7, 11) is 1.55. The van der Waals surface area contributed by atoms with Crippen molar-refractivity contribution in [1.29, 1.82) is 0 Å². The van der Waals surface area contributed by atoms with Gasteiger partial charge in [-0.1, -0.05) is 0 Å². The highest BCUT2D eigenvalue weighted by Gasteiger charge is 2.44. The second-order valence-electron chi connectivity index (χ2n) is 2.84. The van der Waals surface area contributed by atoms with Crippen LogP contribution in [0.15, 0.2) is 0 Å². The molecular formula is C9H14O4. The lowest BCUT2D eigenvalue weighted by Gasteiger charge is -2.11. The van der Waals surface area contributed by atoms with Gasteiger partial charge in [-0.05, 0) is 0 Å². The van der Waals surface area contributed by atoms with Crippen LogP contribution in [-0.4, -0.2) is 43.9 Å². The highest BCUT2D eigenvalue weighted by atomic mass is 16.7. The second kappa shape index (κ2) is 5.20. The molecule has 0 spiro atoms. The van der Waals surface area contributed by atoms with Gasteiger partial charge in [0.25, 0.3) is 0 Å². The molecular weight excluding hydrogens is 172 g/mol. The first-order valence-corrected chi connectivity index (χ1v) is 4.13. The summed E-state index contributed by atoms with van der Waals surface area (Å²) in [6.45, 7) is 0.215. The molecule has 0 aromatic heterocycles. The molecule has 13 heavy (non-hydrogen) atoms. The van der Waals surface area contributed by atoms with Gasteiger partial charge in [-0.15, -0.1) is 12.3 Å². The van der Waals surface area contributed by atoms with Crippen molar-refractivity contribution in [2.75, 3.05) is 20.5 Å². The van der Waals surface area contributed by atoms with Crippen LogP contribution in [0.3, 0.4) is 0 Å². The molecule has 0 bridgehead atoms. The van der Waals surface area contributed by atoms with Crippen LogP contribution in [0.1, 0.15) is 6.42 Å². The zero-order valence-corrected chi connectivity index (χ0v) is 7.60. The summed E-state index contributed by atoms with van der Waals surface area (Å²) < 4.78 is 15.2. The van der Waals surface area contributed by atoms with E-state index in [1.165, 1.54) is 0 Å². The first-order chi connectivity index (χ1) is 6.33. The van der Waals surface area contributed by atoms with Crippen molar-refractivity contribution >= 4 is 0 Å². The molecule has 0 radical (unpaired) electrons. The summed E-state index contributed by atoms with van der Waals surface area (Å²) in [4.78, 5) is 0. The quantitative estimate of drug-likeness (QED) is 0.353. The smallest absolute Gasteiger partial charge is 0.146 e. The molecule has 4 heteroatoms. The van der Waals surface area contributed by atoms with Crippen molar-refractivity contribution in [3.8, 4) is 12.3 Å². The van der Waals surface area contributed by atoms with E-state index >= 15 is 0 Å². The van der Waals surface area contributed by atoms with Crippen LogP contribution in [0.5, 0.6) is 0 Å². The van der Waals surface area contributed by atoms with Crippen molar-refractivity contribution in [3.05, 3.63) is 0 Å². The van der Waals surface area contributed by atoms with Gasteiger partial charge in [0.05, 0.1) is 6.61 Å². The number of epoxide rings is 1. The largest absolute Gasteiger partial charge is 0.394 e. The van der Waals surface area contributed by atoms with Crippen molar-refractivity contribution < 1.29 is 19.3 Å². The highest BCUT2D eigenvalue weighted by molar-refractivity contribution is 4.98. The third-order valence-electron chi connectivity index (χ3n) is 1.89. The minimum Gasteiger partial charge on any atom is -0.394 e. The maximum atomic E-state index is 8.76. The Bertz CT molecular complexity index is 187. The molecule has 1 N–H and O–H groups in total. The first kappa shape index (κ1) is 10.5. The van der Waals surface area contributed by atoms with Gasteiger partial charge >= 0.3 is 0 Å². The molecule has 0 aliphatic carbocycles. The molecule has 0 amide bonds. The molecule has 4 nitrogen and oxygen atoms in total. The van der Waals surface area contributed by atoms with Gasteiger partial charge in [0, 0.05) is 13.5 Å². The van der Waals surface area contributed by atoms with Gasteiger partial charge in [-0.25, -0.2) is 0 Å². The summed E-state index contributed by atoms with van der Waals surface area (Å²) in [6.07, 6.45) is 5.29. The van der Waals surface area contributed by atoms with E-state index in [-0.39, 0.29) is 31.7 Å². The third-order valence-corrected chi connectivity index (χ3v) is 1.89. The fourth-order valence-corrected chi connectivity index (χ4v) is 1.17. The topological polar surface area (TPSA) is 51.2 Å². The molecule has 1 saturated heterocycles. The standard InChI is InChI=1S/C9H14O4/c1-3-4-7(12-6-11-2)9-8(5-10)13-9/h1,7-10H,4-6H2,2H3/t7-,8-,9+/m0/s1. The zero-order chi connectivity index (χ0) is 9.68. The molecule has 0 unspecified atom stereocenters. The Morgan fingerprint density at radius 2 is 2.46 bits per heavy atom. The van der Waals surface area contributed by atoms with E-state index < -0.39 is 0 Å². The minimum absolute atomic E-state index is 0.0160. The number of hydrogen-bond acceptors (Lipinski definition) is 4. The van der Waals surface area contributed by atoms with Crippen LogP contribution >= 0.6 is 0 Å². The number of hydrogen-bond donors (Lipinski definition) is 1. The normalized spacial score (nSPS) is 28.1. The predicted molar refractivity (Wildman–Crippen MR) is 45.9 cm³/mol. The van der Waals surface area contributed by atoms with Gasteiger partial charge in [0.1, 0.15) is 25.1 Å². The van der Waals surface area contributed by atoms with Gasteiger partial charge in [0.2, 0.25) is 0 Å². The van der Waals surface area contributed by atoms with Crippen molar-refractivity contribution in [3.63, 3.8) is 0 Å². The van der Waals surface area contributed by atoms with Gasteiger partial charge in [-0.3, -0.25) is 0 Å². The molecule has 0 aromatic carbocycles. The Hall–Kier alpha value is -0.600. The maximum absolute atomic E-state index is 8.76. The third kappa shape index (κ3) is 2.98. The van der Waals surface area contributed by atoms with E-state index in [1.54, 1.807) is 7.11 Å². The molecule has 1 aliphatic rings. The van der Waals surface area contributed by atoms with E-state index in [4.69, 9.17) is 25.7 Å². The lowest BCUT2D eigenvalue weighted by molar-refractivity contribution is -0.0774. The minimum atomic E-state index is -0.165. The maximum Gasteiger partial charge on any atom is 0.146 e. The number of aliphatic hydroxyl groups is 1. The SMILES string of the molecule is C#CC[C@H](OCOC)[C@H]1O[C@H]1CO. The fourth-order valence-electron chi connectivity index (χ4n) is 1.17. The van der Waals surface area contributed by atoms with Crippen molar-refractivity contribution in [2.45, 2.75) is 24.7 Å². The van der Waals surface area contributed by atoms with Crippen LogP contribution in [-0.2, 0) is 14.2 Å². The molecule has 3 atom stereocenters. The number of aliphatic hydroxyl groups excluding tert-OH is 1. The summed E-state index contributed by atoms with van der Waals surface area (Å²) >= 11 is 0. The van der Waals surface area contributed by atoms with Gasteiger partial charge in [-0.2, -0.15) is 0 Å². The number of terminal acetylenes is 1. The Labute approximate surface area is 77.8 Å². The Kier molecular flexibility index (Phi) is 4.19. The van der Waals surface area contributed by atoms with Crippen molar-refractivity contribution in [2.24, 2.45) is 0 Å². The molecule has 1 heterocycles. The average Bonchev–Trinajstić information content (AvgIpc) is 2.91. The molecule has 1 aliphatic heterocycles. The molecule has 0 saturated carbocycles. The molecule has 1 rings (SSSR count). The summed E-state index contributed by atoms with van der Waals surface area (Å²) in [6, 6.07) is 0. The zero-order valence-electron chi connectivity index (χ0n) is 7.60. The lowest BCUT2D eigenvalue weighted by Crippen LogP contribution is -2.23. The number of rotatable bonds is 6. The van der Waals surface area contributed by atoms with Crippen LogP contribution < -0.4 is 0 Å². The molecule has 1 fully saturated rings. The number of ether oxygens (including phenoxy) is 3. The monoisotopic (exact) mass is 186 g/mol. The Morgan fingerprint density at radius 3 is 2.92 bits per heavy atom. The van der Waals surface area contributed by atoms with Crippen molar-refractivity contribution in [1.82, 2.24) is 0 Å². The van der Waals surface area contributed by atoms with E-state index in [0.717, 1.165) is 0 Å². The lowest BCUT2D eigenvalue weighted by atomic mass is 10.1. The Balaban J connectivity index is 2.27. The Morgan fingerprint density at radius 1 is 1.69 bits per heavy atom. The highest BCUT2D eigenvalue weighted by Crippen LogP contribution is 2.28. The first-order valence-electron chi connectivity index (χ1n) is 4.13. The average molecular weight is 186 g/mol. The molecule has 74 valence electrons. The summed E-state index contributed by atoms with van der Waals surface area (Å²) in [5.41, 5.74) is 0. The van der Waals surface area contributed by atoms with E-state index in [0.29, 0.717) is 6.42 Å². The van der Waals surface area contributed by atoms with Crippen LogP contribution in [0.4, 0.5) is 0 Å². The van der Waals surface area contributed by atoms with Gasteiger partial charge in [0.15, 0.2) is 0 Å². The second-order valence-corrected chi connectivity index (χ2v) is 2.84. The van der Waals surface area contributed by atoms with Crippen LogP contribution in [0.2, 0.25) is 0 Å². The van der Waals surface area contributed by atoms with Gasteiger partial charge < -0.3 is 19.3 Å². The van der Waals surface area contributed by atoms with E-state index in [1.807, 2.05) is 0 Å². The summed E-state index contributed by atoms with van der Waals surface area (Å²) in [5, 5.41) is 8.76. The van der Waals surface area contributed by atoms with Crippen LogP contribution in [0.25, 0.3) is 0 Å². The van der Waals surface area contributed by atoms with Crippen LogP contribution in [0, 0.1) is 12.3 Å². The number of methoxy groups -OCH3 is 1. The van der Waals surface area contributed by atoms with E-state index in [2.05, 4.69) is 5.92 Å². The predicted octanol–water partition coefficient (Wildman–Crippen LogP) is -0.241. The summed E-state index contributed by atoms with van der Waals surface area (Å²) in [5.74, 6) is 2.50. The van der Waals surface area contributed by atoms with E-state index in [9.17, 15) is 0 Å².